The van der Waals surface area contributed by atoms with E-state index in [-0.39, 0.29) is 12.0 Å². The molecule has 1 aromatic rings. The van der Waals surface area contributed by atoms with Crippen LogP contribution in [-0.4, -0.2) is 32.3 Å². The van der Waals surface area contributed by atoms with E-state index in [9.17, 15) is 4.79 Å². The van der Waals surface area contributed by atoms with Crippen LogP contribution in [-0.2, 0) is 9.53 Å². The molecular weight excluding hydrogens is 254 g/mol. The van der Waals surface area contributed by atoms with Crippen LogP contribution in [0.1, 0.15) is 38.7 Å². The van der Waals surface area contributed by atoms with Gasteiger partial charge in [0.15, 0.2) is 0 Å². The lowest BCUT2D eigenvalue weighted by Crippen LogP contribution is -2.38. The van der Waals surface area contributed by atoms with Crippen LogP contribution in [0.4, 0.5) is 0 Å². The molecule has 0 bridgehead atoms. The Balaban J connectivity index is 2.50. The molecule has 0 aliphatic carbocycles. The van der Waals surface area contributed by atoms with E-state index in [1.165, 1.54) is 12.7 Å². The monoisotopic (exact) mass is 279 g/mol. The van der Waals surface area contributed by atoms with E-state index in [1.54, 1.807) is 0 Å². The number of hydrogen-bond acceptors (Lipinski definition) is 4. The van der Waals surface area contributed by atoms with Crippen molar-refractivity contribution in [3.05, 3.63) is 29.8 Å². The zero-order valence-electron chi connectivity index (χ0n) is 12.8. The highest BCUT2D eigenvalue weighted by atomic mass is 16.5. The second-order valence-electron chi connectivity index (χ2n) is 5.00. The molecule has 0 fully saturated rings. The zero-order valence-corrected chi connectivity index (χ0v) is 12.8. The summed E-state index contributed by atoms with van der Waals surface area (Å²) in [7, 11) is 1.40. The summed E-state index contributed by atoms with van der Waals surface area (Å²) in [6.07, 6.45) is 0.590. The summed E-state index contributed by atoms with van der Waals surface area (Å²) in [6, 6.07) is 7.76. The van der Waals surface area contributed by atoms with Crippen LogP contribution in [0.15, 0.2) is 24.3 Å². The van der Waals surface area contributed by atoms with Crippen molar-refractivity contribution in [2.75, 3.05) is 20.3 Å². The third-order valence-corrected chi connectivity index (χ3v) is 3.14. The predicted molar refractivity (Wildman–Crippen MR) is 80.1 cm³/mol. The molecule has 0 spiro atoms. The molecule has 0 saturated carbocycles. The van der Waals surface area contributed by atoms with E-state index in [4.69, 9.17) is 9.47 Å². The first-order valence-electron chi connectivity index (χ1n) is 7.12. The highest BCUT2D eigenvalue weighted by molar-refractivity contribution is 5.75. The number of carbonyl (C=O) groups is 1. The van der Waals surface area contributed by atoms with Crippen molar-refractivity contribution in [3.63, 3.8) is 0 Å². The van der Waals surface area contributed by atoms with Gasteiger partial charge in [-0.15, -0.1) is 0 Å². The molecule has 1 rings (SSSR count). The average Bonchev–Trinajstić information content (AvgIpc) is 2.46. The molecule has 0 saturated heterocycles. The lowest BCUT2D eigenvalue weighted by Gasteiger charge is -2.16. The maximum Gasteiger partial charge on any atom is 0.322 e. The molecule has 4 nitrogen and oxygen atoms in total. The molecule has 112 valence electrons. The number of benzene rings is 1. The van der Waals surface area contributed by atoms with Crippen LogP contribution >= 0.6 is 0 Å². The summed E-state index contributed by atoms with van der Waals surface area (Å²) in [5, 5.41) is 3.09. The van der Waals surface area contributed by atoms with Crippen LogP contribution in [0, 0.1) is 0 Å². The fraction of sp³-hybridized carbons (Fsp3) is 0.562. The molecule has 1 N–H and O–H groups in total. The van der Waals surface area contributed by atoms with E-state index in [2.05, 4.69) is 25.2 Å². The zero-order chi connectivity index (χ0) is 15.0. The van der Waals surface area contributed by atoms with Gasteiger partial charge < -0.3 is 14.8 Å². The summed E-state index contributed by atoms with van der Waals surface area (Å²) in [4.78, 5) is 11.5. The highest BCUT2D eigenvalue weighted by Gasteiger charge is 2.17. The van der Waals surface area contributed by atoms with Gasteiger partial charge in [0.25, 0.3) is 0 Å². The quantitative estimate of drug-likeness (QED) is 0.743. The molecule has 1 aromatic carbocycles. The number of methoxy groups -OCH3 is 1. The van der Waals surface area contributed by atoms with Crippen molar-refractivity contribution in [1.29, 1.82) is 0 Å². The van der Waals surface area contributed by atoms with Gasteiger partial charge in [0.05, 0.1) is 13.7 Å². The Morgan fingerprint density at radius 2 is 2.10 bits per heavy atom. The van der Waals surface area contributed by atoms with Gasteiger partial charge in [0.1, 0.15) is 11.8 Å². The number of likely N-dealkylation sites (N-methyl/N-ethyl adjacent to an activating group) is 1. The Morgan fingerprint density at radius 3 is 2.70 bits per heavy atom. The Bertz CT molecular complexity index is 418. The first-order chi connectivity index (χ1) is 9.58. The molecule has 0 aliphatic rings. The second kappa shape index (κ2) is 8.59. The molecule has 4 heteroatoms. The first-order valence-corrected chi connectivity index (χ1v) is 7.12. The summed E-state index contributed by atoms with van der Waals surface area (Å²) in [5.41, 5.74) is 1.25. The van der Waals surface area contributed by atoms with Gasteiger partial charge >= 0.3 is 5.97 Å². The molecule has 0 amide bonds. The minimum atomic E-state index is -0.307. The lowest BCUT2D eigenvalue weighted by atomic mass is 10.0. The summed E-state index contributed by atoms with van der Waals surface area (Å²) in [5.74, 6) is 1.07. The Kier molecular flexibility index (Phi) is 7.09. The molecular formula is C16H25NO3. The average molecular weight is 279 g/mol. The number of nitrogens with one attached hydrogen (secondary N) is 1. The minimum absolute atomic E-state index is 0.244. The largest absolute Gasteiger partial charge is 0.494 e. The summed E-state index contributed by atoms with van der Waals surface area (Å²) in [6.45, 7) is 7.47. The number of ether oxygens (including phenoxy) is 2. The SMILES string of the molecule is CCNC(CCOc1cccc(C(C)C)c1)C(=O)OC. The smallest absolute Gasteiger partial charge is 0.322 e. The third kappa shape index (κ3) is 5.21. The molecule has 1 unspecified atom stereocenters. The van der Waals surface area contributed by atoms with Gasteiger partial charge in [0, 0.05) is 6.42 Å². The van der Waals surface area contributed by atoms with E-state index >= 15 is 0 Å². The number of rotatable bonds is 8. The van der Waals surface area contributed by atoms with Crippen LogP contribution in [0.3, 0.4) is 0 Å². The van der Waals surface area contributed by atoms with Crippen molar-refractivity contribution in [3.8, 4) is 5.75 Å². The van der Waals surface area contributed by atoms with Crippen LogP contribution in [0.5, 0.6) is 5.75 Å². The van der Waals surface area contributed by atoms with E-state index in [1.807, 2.05) is 25.1 Å². The number of carbonyl (C=O) groups excluding carboxylic acids is 1. The van der Waals surface area contributed by atoms with Gasteiger partial charge in [-0.25, -0.2) is 0 Å². The normalized spacial score (nSPS) is 12.2. The fourth-order valence-electron chi connectivity index (χ4n) is 1.95. The van der Waals surface area contributed by atoms with Gasteiger partial charge in [-0.3, -0.25) is 4.79 Å². The van der Waals surface area contributed by atoms with Crippen molar-refractivity contribution in [1.82, 2.24) is 5.32 Å². The van der Waals surface area contributed by atoms with Crippen LogP contribution in [0.25, 0.3) is 0 Å². The number of hydrogen-bond donors (Lipinski definition) is 1. The standard InChI is InChI=1S/C16H25NO3/c1-5-17-15(16(18)19-4)9-10-20-14-8-6-7-13(11-14)12(2)3/h6-8,11-12,15,17H,5,9-10H2,1-4H3. The molecule has 0 aliphatic heterocycles. The van der Waals surface area contributed by atoms with Gasteiger partial charge in [-0.1, -0.05) is 32.9 Å². The maximum atomic E-state index is 11.5. The van der Waals surface area contributed by atoms with E-state index in [0.29, 0.717) is 18.9 Å². The highest BCUT2D eigenvalue weighted by Crippen LogP contribution is 2.20. The van der Waals surface area contributed by atoms with Gasteiger partial charge in [0.2, 0.25) is 0 Å². The molecule has 0 aromatic heterocycles. The first kappa shape index (κ1) is 16.5. The van der Waals surface area contributed by atoms with Gasteiger partial charge in [-0.2, -0.15) is 0 Å². The molecule has 1 atom stereocenters. The summed E-state index contributed by atoms with van der Waals surface area (Å²) < 4.78 is 10.5. The second-order valence-corrected chi connectivity index (χ2v) is 5.00. The lowest BCUT2D eigenvalue weighted by molar-refractivity contribution is -0.143. The Morgan fingerprint density at radius 1 is 1.35 bits per heavy atom. The van der Waals surface area contributed by atoms with Crippen molar-refractivity contribution in [2.45, 2.75) is 39.2 Å². The molecule has 0 heterocycles. The molecule has 20 heavy (non-hydrogen) atoms. The summed E-state index contributed by atoms with van der Waals surface area (Å²) >= 11 is 0. The molecule has 0 radical (unpaired) electrons. The Hall–Kier alpha value is -1.55. The van der Waals surface area contributed by atoms with E-state index < -0.39 is 0 Å². The van der Waals surface area contributed by atoms with Crippen LogP contribution in [0.2, 0.25) is 0 Å². The van der Waals surface area contributed by atoms with Crippen molar-refractivity contribution < 1.29 is 14.3 Å². The maximum absolute atomic E-state index is 11.5. The van der Waals surface area contributed by atoms with Crippen molar-refractivity contribution >= 4 is 5.97 Å². The minimum Gasteiger partial charge on any atom is -0.494 e. The third-order valence-electron chi connectivity index (χ3n) is 3.14. The van der Waals surface area contributed by atoms with Crippen molar-refractivity contribution in [2.24, 2.45) is 0 Å². The topological polar surface area (TPSA) is 47.6 Å². The van der Waals surface area contributed by atoms with E-state index in [0.717, 1.165) is 12.3 Å². The number of esters is 1. The van der Waals surface area contributed by atoms with Crippen LogP contribution < -0.4 is 10.1 Å². The predicted octanol–water partition coefficient (Wildman–Crippen LogP) is 2.73. The van der Waals surface area contributed by atoms with Gasteiger partial charge in [-0.05, 0) is 30.2 Å². The fourth-order valence-corrected chi connectivity index (χ4v) is 1.95. The Labute approximate surface area is 121 Å².